The topological polar surface area (TPSA) is 95.1 Å². The third kappa shape index (κ3) is 10.9. The van der Waals surface area contributed by atoms with Gasteiger partial charge in [0.2, 0.25) is 5.41 Å². The predicted octanol–water partition coefficient (Wildman–Crippen LogP) is 15.8. The fourth-order valence-electron chi connectivity index (χ4n) is 11.0. The summed E-state index contributed by atoms with van der Waals surface area (Å²) >= 11 is 0. The van der Waals surface area contributed by atoms with Crippen LogP contribution in [0.2, 0.25) is 0 Å². The molecule has 0 unspecified atom stereocenters. The Kier molecular flexibility index (Phi) is 15.3. The average Bonchev–Trinajstić information content (AvgIpc) is 3.67. The molecular weight excluding hydrogens is 1040 g/mol. The fourth-order valence-corrected chi connectivity index (χ4v) is 11.0. The van der Waals surface area contributed by atoms with E-state index in [9.17, 15) is 9.59 Å². The van der Waals surface area contributed by atoms with Crippen molar-refractivity contribution in [3.8, 4) is 45.3 Å². The quantitative estimate of drug-likeness (QED) is 0.147. The molecule has 0 radical (unpaired) electrons. The van der Waals surface area contributed by atoms with Gasteiger partial charge in [-0.1, -0.05) is 183 Å². The SMILES string of the molecule is O=C1COc2ccc3ccccc3c2-c2c(ccc3ccccc23)OCc2ccc(cc2)C(C(F)(F)F)(C(F)(F)F)c2ccc(cc2)COc2ccc3ccccc3c2-c2c(ccc3ccccc23)OCC(=O)NCCCCCCN1. The highest BCUT2D eigenvalue weighted by Gasteiger charge is 2.72. The fraction of sp³-hybridized carbons (Fsp3) is 0.194. The molecule has 2 N–H and O–H groups in total. The third-order valence-corrected chi connectivity index (χ3v) is 14.9. The molecule has 0 aromatic heterocycles. The summed E-state index contributed by atoms with van der Waals surface area (Å²) in [6.45, 7) is -0.231. The zero-order valence-electron chi connectivity index (χ0n) is 43.8. The molecule has 10 aromatic carbocycles. The maximum atomic E-state index is 15.6. The Bertz CT molecular complexity index is 3680. The van der Waals surface area contributed by atoms with Crippen molar-refractivity contribution in [1.29, 1.82) is 0 Å². The Balaban J connectivity index is 0.963. The van der Waals surface area contributed by atoms with Gasteiger partial charge in [-0.15, -0.1) is 0 Å². The van der Waals surface area contributed by atoms with E-state index in [0.29, 0.717) is 82.3 Å². The highest BCUT2D eigenvalue weighted by molar-refractivity contribution is 6.11. The van der Waals surface area contributed by atoms with E-state index in [2.05, 4.69) is 10.6 Å². The minimum atomic E-state index is -5.84. The molecule has 8 nitrogen and oxygen atoms in total. The van der Waals surface area contributed by atoms with Crippen molar-refractivity contribution in [1.82, 2.24) is 10.6 Å². The van der Waals surface area contributed by atoms with E-state index in [0.717, 1.165) is 80.2 Å². The highest BCUT2D eigenvalue weighted by Crippen LogP contribution is 2.56. The van der Waals surface area contributed by atoms with Crippen LogP contribution in [0.3, 0.4) is 0 Å². The molecule has 0 atom stereocenters. The molecule has 410 valence electrons. The first-order chi connectivity index (χ1) is 39.3. The largest absolute Gasteiger partial charge is 0.488 e. The molecule has 3 aliphatic heterocycles. The Morgan fingerprint density at radius 1 is 0.333 bits per heavy atom. The number of hydrogen-bond donors (Lipinski definition) is 2. The normalized spacial score (nSPS) is 15.3. The second kappa shape index (κ2) is 23.0. The number of benzene rings is 10. The molecule has 14 heteroatoms. The lowest BCUT2D eigenvalue weighted by molar-refractivity contribution is -0.288. The van der Waals surface area contributed by atoms with E-state index in [-0.39, 0.29) is 38.2 Å². The summed E-state index contributed by atoms with van der Waals surface area (Å²) in [6, 6.07) is 53.4. The van der Waals surface area contributed by atoms with Crippen molar-refractivity contribution in [2.24, 2.45) is 0 Å². The maximum Gasteiger partial charge on any atom is 0.411 e. The predicted molar refractivity (Wildman–Crippen MR) is 304 cm³/mol. The van der Waals surface area contributed by atoms with E-state index in [1.54, 1.807) is 24.3 Å². The summed E-state index contributed by atoms with van der Waals surface area (Å²) in [4.78, 5) is 26.6. The lowest BCUT2D eigenvalue weighted by Crippen LogP contribution is -2.54. The molecule has 4 bridgehead atoms. The van der Waals surface area contributed by atoms with Gasteiger partial charge in [0.05, 0.1) is 0 Å². The van der Waals surface area contributed by atoms with Gasteiger partial charge < -0.3 is 29.6 Å². The minimum absolute atomic E-state index is 0.225. The smallest absolute Gasteiger partial charge is 0.411 e. The van der Waals surface area contributed by atoms with Crippen LogP contribution in [0.15, 0.2) is 194 Å². The molecule has 0 saturated carbocycles. The number of nitrogens with one attached hydrogen (secondary N) is 2. The van der Waals surface area contributed by atoms with Crippen molar-refractivity contribution in [3.05, 3.63) is 216 Å². The molecule has 10 aromatic rings. The van der Waals surface area contributed by atoms with Crippen molar-refractivity contribution < 1.29 is 54.9 Å². The molecule has 81 heavy (non-hydrogen) atoms. The third-order valence-electron chi connectivity index (χ3n) is 14.9. The maximum absolute atomic E-state index is 15.6. The van der Waals surface area contributed by atoms with Crippen LogP contribution < -0.4 is 29.6 Å². The highest BCUT2D eigenvalue weighted by atomic mass is 19.4. The van der Waals surface area contributed by atoms with Crippen LogP contribution >= 0.6 is 0 Å². The summed E-state index contributed by atoms with van der Waals surface area (Å²) in [5.74, 6) is 0.848. The lowest BCUT2D eigenvalue weighted by atomic mass is 9.72. The summed E-state index contributed by atoms with van der Waals surface area (Å²) in [5.41, 5.74) is -3.36. The molecule has 2 amide bonds. The first kappa shape index (κ1) is 53.9. The Morgan fingerprint density at radius 2 is 0.617 bits per heavy atom. The minimum Gasteiger partial charge on any atom is -0.488 e. The number of fused-ring (bicyclic) bond motifs is 6. The lowest BCUT2D eigenvalue weighted by Gasteiger charge is -2.38. The van der Waals surface area contributed by atoms with Crippen molar-refractivity contribution in [2.45, 2.75) is 56.7 Å². The van der Waals surface area contributed by atoms with E-state index in [1.165, 1.54) is 24.3 Å². The summed E-state index contributed by atoms with van der Waals surface area (Å²) in [7, 11) is 0. The second-order valence-corrected chi connectivity index (χ2v) is 20.0. The van der Waals surface area contributed by atoms with Crippen molar-refractivity contribution in [3.63, 3.8) is 0 Å². The first-order valence-corrected chi connectivity index (χ1v) is 26.7. The van der Waals surface area contributed by atoms with Gasteiger partial charge in [-0.2, -0.15) is 26.3 Å². The summed E-state index contributed by atoms with van der Waals surface area (Å²) < 4.78 is 119. The van der Waals surface area contributed by atoms with Gasteiger partial charge in [-0.25, -0.2) is 0 Å². The van der Waals surface area contributed by atoms with Crippen LogP contribution in [0.25, 0.3) is 65.3 Å². The molecule has 0 fully saturated rings. The number of amides is 2. The molecule has 0 spiro atoms. The van der Waals surface area contributed by atoms with E-state index >= 15 is 26.3 Å². The number of carbonyl (C=O) groups excluding carboxylic acids is 2. The van der Waals surface area contributed by atoms with Crippen LogP contribution in [0.4, 0.5) is 26.3 Å². The molecule has 3 aliphatic rings. The Morgan fingerprint density at radius 3 is 0.914 bits per heavy atom. The zero-order chi connectivity index (χ0) is 56.1. The average molecular weight is 1100 g/mol. The van der Waals surface area contributed by atoms with Crippen LogP contribution in [-0.4, -0.2) is 50.5 Å². The number of ether oxygens (including phenoxy) is 4. The number of carbonyl (C=O) groups is 2. The monoisotopic (exact) mass is 1100 g/mol. The first-order valence-electron chi connectivity index (χ1n) is 26.7. The van der Waals surface area contributed by atoms with Gasteiger partial charge >= 0.3 is 12.4 Å². The standard InChI is InChI=1S/C67H54F6N2O6/c68-66(69,70)65(67(71,72)73)49-29-21-43(22-30-49)39-78-55-33-25-45-13-3-7-17-51(45)61(55)63-53-19-9-5-15-47(53)27-35-57(63)80-41-59(76)74-37-11-1-2-12-38-75-60(77)42-81-58-36-28-48-16-6-10-20-54(48)64(58)62-52-18-8-4-14-46(52)26-34-56(62)79-40-44-23-31-50(65)32-24-44/h3-10,13-36H,1-2,11-12,37-42H2,(H,74,76)(H,75,77). The molecule has 0 aliphatic carbocycles. The van der Waals surface area contributed by atoms with Crippen LogP contribution in [0, 0.1) is 0 Å². The zero-order valence-corrected chi connectivity index (χ0v) is 43.8. The molecule has 13 rings (SSSR count). The van der Waals surface area contributed by atoms with Gasteiger partial charge in [0.15, 0.2) is 13.2 Å². The van der Waals surface area contributed by atoms with E-state index in [1.807, 2.05) is 121 Å². The Hall–Kier alpha value is -9.04. The number of hydrogen-bond acceptors (Lipinski definition) is 6. The van der Waals surface area contributed by atoms with Crippen LogP contribution in [0.1, 0.15) is 47.9 Å². The molecular formula is C67H54F6N2O6. The van der Waals surface area contributed by atoms with E-state index in [4.69, 9.17) is 18.9 Å². The molecule has 0 saturated heterocycles. The van der Waals surface area contributed by atoms with Gasteiger partial charge in [-0.3, -0.25) is 9.59 Å². The van der Waals surface area contributed by atoms with Gasteiger partial charge in [0.1, 0.15) is 36.2 Å². The van der Waals surface area contributed by atoms with Gasteiger partial charge in [0.25, 0.3) is 11.8 Å². The number of rotatable bonds is 0. The van der Waals surface area contributed by atoms with Crippen molar-refractivity contribution in [2.75, 3.05) is 26.3 Å². The summed E-state index contributed by atoms with van der Waals surface area (Å²) in [5, 5.41) is 12.5. The van der Waals surface area contributed by atoms with Crippen LogP contribution in [-0.2, 0) is 28.2 Å². The van der Waals surface area contributed by atoms with E-state index < -0.39 is 28.9 Å². The Labute approximate surface area is 463 Å². The second-order valence-electron chi connectivity index (χ2n) is 20.0. The number of halogens is 6. The van der Waals surface area contributed by atoms with Gasteiger partial charge in [0, 0.05) is 35.3 Å². The van der Waals surface area contributed by atoms with Crippen molar-refractivity contribution >= 4 is 54.9 Å². The van der Waals surface area contributed by atoms with Crippen LogP contribution in [0.5, 0.6) is 23.0 Å². The molecule has 3 heterocycles. The number of alkyl halides is 6. The van der Waals surface area contributed by atoms with Gasteiger partial charge in [-0.05, 0) is 102 Å². The summed E-state index contributed by atoms with van der Waals surface area (Å²) in [6.07, 6.45) is -8.67.